The number of para-hydroxylation sites is 1. The van der Waals surface area contributed by atoms with E-state index in [-0.39, 0.29) is 5.41 Å². The molecular formula is C22H24N2. The van der Waals surface area contributed by atoms with Gasteiger partial charge in [-0.1, -0.05) is 51.1 Å². The zero-order valence-electron chi connectivity index (χ0n) is 14.8. The third kappa shape index (κ3) is 3.48. The van der Waals surface area contributed by atoms with Crippen LogP contribution in [0.15, 0.2) is 71.7 Å². The maximum absolute atomic E-state index is 4.65. The second-order valence-corrected chi connectivity index (χ2v) is 7.13. The van der Waals surface area contributed by atoms with Gasteiger partial charge in [0.2, 0.25) is 0 Å². The van der Waals surface area contributed by atoms with Gasteiger partial charge in [0.05, 0.1) is 17.6 Å². The van der Waals surface area contributed by atoms with Crippen LogP contribution in [-0.4, -0.2) is 10.8 Å². The molecule has 0 atom stereocenters. The van der Waals surface area contributed by atoms with E-state index in [1.54, 1.807) is 0 Å². The maximum atomic E-state index is 4.65. The monoisotopic (exact) mass is 316 g/mol. The maximum Gasteiger partial charge on any atom is 0.0641 e. The van der Waals surface area contributed by atoms with E-state index >= 15 is 0 Å². The molecule has 0 amide bonds. The minimum atomic E-state index is 0.168. The second-order valence-electron chi connectivity index (χ2n) is 7.13. The Kier molecular flexibility index (Phi) is 4.39. The molecule has 0 unspecified atom stereocenters. The van der Waals surface area contributed by atoms with Gasteiger partial charge in [0.25, 0.3) is 0 Å². The Bertz CT molecular complexity index is 832. The first-order chi connectivity index (χ1) is 11.4. The summed E-state index contributed by atoms with van der Waals surface area (Å²) in [6, 6.07) is 23.1. The van der Waals surface area contributed by atoms with Gasteiger partial charge in [-0.15, -0.1) is 0 Å². The molecule has 122 valence electrons. The molecule has 0 fully saturated rings. The van der Waals surface area contributed by atoms with Gasteiger partial charge in [0, 0.05) is 11.4 Å². The Labute approximate surface area is 144 Å². The minimum Gasteiger partial charge on any atom is -0.313 e. The van der Waals surface area contributed by atoms with E-state index < -0.39 is 0 Å². The Balaban J connectivity index is 1.88. The molecule has 3 aromatic rings. The van der Waals surface area contributed by atoms with Crippen LogP contribution in [-0.2, 0) is 5.41 Å². The van der Waals surface area contributed by atoms with Gasteiger partial charge in [-0.05, 0) is 54.3 Å². The third-order valence-electron chi connectivity index (χ3n) is 4.20. The van der Waals surface area contributed by atoms with Crippen molar-refractivity contribution in [1.82, 2.24) is 4.57 Å². The largest absolute Gasteiger partial charge is 0.313 e. The lowest BCUT2D eigenvalue weighted by atomic mass is 9.87. The summed E-state index contributed by atoms with van der Waals surface area (Å²) >= 11 is 0. The highest BCUT2D eigenvalue weighted by Gasteiger charge is 2.12. The number of hydrogen-bond donors (Lipinski definition) is 0. The van der Waals surface area contributed by atoms with Gasteiger partial charge < -0.3 is 4.57 Å². The summed E-state index contributed by atoms with van der Waals surface area (Å²) in [6.07, 6.45) is 1.94. The fourth-order valence-electron chi connectivity index (χ4n) is 2.78. The summed E-state index contributed by atoms with van der Waals surface area (Å²) in [6.45, 7) is 8.78. The molecule has 0 spiro atoms. The molecule has 0 aliphatic rings. The van der Waals surface area contributed by atoms with Crippen molar-refractivity contribution in [3.8, 4) is 5.69 Å². The molecule has 1 aromatic heterocycles. The SMILES string of the molecule is Cc1ccc(C=Nc2ccc(C(C)(C)C)cc2)n1-c1ccccc1. The van der Waals surface area contributed by atoms with Crippen LogP contribution in [0.1, 0.15) is 37.7 Å². The molecule has 0 aliphatic heterocycles. The van der Waals surface area contributed by atoms with E-state index in [1.165, 1.54) is 11.3 Å². The van der Waals surface area contributed by atoms with E-state index in [0.717, 1.165) is 17.1 Å². The summed E-state index contributed by atoms with van der Waals surface area (Å²) < 4.78 is 2.22. The van der Waals surface area contributed by atoms with Crippen LogP contribution in [0.3, 0.4) is 0 Å². The number of aryl methyl sites for hydroxylation is 1. The zero-order chi connectivity index (χ0) is 17.2. The zero-order valence-corrected chi connectivity index (χ0v) is 14.8. The summed E-state index contributed by atoms with van der Waals surface area (Å²) in [4.78, 5) is 4.65. The number of nitrogens with zero attached hydrogens (tertiary/aromatic N) is 2. The first-order valence-electron chi connectivity index (χ1n) is 8.33. The van der Waals surface area contributed by atoms with E-state index in [1.807, 2.05) is 12.3 Å². The van der Waals surface area contributed by atoms with Crippen molar-refractivity contribution < 1.29 is 0 Å². The van der Waals surface area contributed by atoms with Crippen LogP contribution in [0, 0.1) is 6.92 Å². The van der Waals surface area contributed by atoms with Crippen LogP contribution in [0.25, 0.3) is 5.69 Å². The Morgan fingerprint density at radius 2 is 1.50 bits per heavy atom. The van der Waals surface area contributed by atoms with E-state index in [9.17, 15) is 0 Å². The van der Waals surface area contributed by atoms with E-state index in [4.69, 9.17) is 0 Å². The predicted octanol–water partition coefficient (Wildman–Crippen LogP) is 5.83. The van der Waals surface area contributed by atoms with Gasteiger partial charge in [-0.3, -0.25) is 4.99 Å². The van der Waals surface area contributed by atoms with Crippen molar-refractivity contribution in [2.45, 2.75) is 33.1 Å². The molecule has 0 radical (unpaired) electrons. The molecular weight excluding hydrogens is 292 g/mol. The van der Waals surface area contributed by atoms with Crippen molar-refractivity contribution in [3.63, 3.8) is 0 Å². The normalized spacial score (nSPS) is 12.0. The fraction of sp³-hybridized carbons (Fsp3) is 0.227. The molecule has 3 rings (SSSR count). The van der Waals surface area contributed by atoms with Crippen molar-refractivity contribution in [2.75, 3.05) is 0 Å². The molecule has 24 heavy (non-hydrogen) atoms. The molecule has 2 nitrogen and oxygen atoms in total. The molecule has 2 aromatic carbocycles. The number of aliphatic imine (C=N–C) groups is 1. The van der Waals surface area contributed by atoms with Crippen LogP contribution in [0.2, 0.25) is 0 Å². The molecule has 0 N–H and O–H groups in total. The average Bonchev–Trinajstić information content (AvgIpc) is 2.94. The minimum absolute atomic E-state index is 0.168. The number of hydrogen-bond acceptors (Lipinski definition) is 1. The Morgan fingerprint density at radius 3 is 2.12 bits per heavy atom. The van der Waals surface area contributed by atoms with Crippen LogP contribution in [0.4, 0.5) is 5.69 Å². The van der Waals surface area contributed by atoms with Crippen molar-refractivity contribution in [3.05, 3.63) is 83.7 Å². The van der Waals surface area contributed by atoms with Crippen molar-refractivity contribution in [2.24, 2.45) is 4.99 Å². The molecule has 0 saturated carbocycles. The molecule has 0 aliphatic carbocycles. The fourth-order valence-corrected chi connectivity index (χ4v) is 2.78. The lowest BCUT2D eigenvalue weighted by Gasteiger charge is -2.18. The average molecular weight is 316 g/mol. The Morgan fingerprint density at radius 1 is 0.833 bits per heavy atom. The molecule has 2 heteroatoms. The van der Waals surface area contributed by atoms with Crippen LogP contribution >= 0.6 is 0 Å². The third-order valence-corrected chi connectivity index (χ3v) is 4.20. The van der Waals surface area contributed by atoms with Gasteiger partial charge >= 0.3 is 0 Å². The highest BCUT2D eigenvalue weighted by molar-refractivity contribution is 5.81. The van der Waals surface area contributed by atoms with Gasteiger partial charge in [0.1, 0.15) is 0 Å². The first-order valence-corrected chi connectivity index (χ1v) is 8.33. The standard InChI is InChI=1S/C22H24N2/c1-17-10-15-21(24(17)20-8-6-5-7-9-20)16-23-19-13-11-18(12-14-19)22(2,3)4/h5-16H,1-4H3. The number of rotatable bonds is 3. The Hall–Kier alpha value is -2.61. The molecule has 1 heterocycles. The molecule has 0 saturated heterocycles. The van der Waals surface area contributed by atoms with Gasteiger partial charge in [-0.2, -0.15) is 0 Å². The topological polar surface area (TPSA) is 17.3 Å². The van der Waals surface area contributed by atoms with Gasteiger partial charge in [0.15, 0.2) is 0 Å². The van der Waals surface area contributed by atoms with Crippen LogP contribution in [0.5, 0.6) is 0 Å². The molecule has 0 bridgehead atoms. The summed E-state index contributed by atoms with van der Waals surface area (Å²) in [5.41, 5.74) is 5.90. The lowest BCUT2D eigenvalue weighted by Crippen LogP contribution is -2.10. The number of benzene rings is 2. The smallest absolute Gasteiger partial charge is 0.0641 e. The first kappa shape index (κ1) is 16.3. The van der Waals surface area contributed by atoms with Crippen molar-refractivity contribution >= 4 is 11.9 Å². The quantitative estimate of drug-likeness (QED) is 0.541. The number of aromatic nitrogens is 1. The summed E-state index contributed by atoms with van der Waals surface area (Å²) in [5.74, 6) is 0. The summed E-state index contributed by atoms with van der Waals surface area (Å²) in [5, 5.41) is 0. The van der Waals surface area contributed by atoms with E-state index in [2.05, 4.69) is 97.9 Å². The van der Waals surface area contributed by atoms with Crippen molar-refractivity contribution in [1.29, 1.82) is 0 Å². The van der Waals surface area contributed by atoms with E-state index in [0.29, 0.717) is 0 Å². The lowest BCUT2D eigenvalue weighted by molar-refractivity contribution is 0.590. The highest BCUT2D eigenvalue weighted by Crippen LogP contribution is 2.24. The van der Waals surface area contributed by atoms with Crippen LogP contribution < -0.4 is 0 Å². The second kappa shape index (κ2) is 6.48. The van der Waals surface area contributed by atoms with Gasteiger partial charge in [-0.25, -0.2) is 0 Å². The predicted molar refractivity (Wildman–Crippen MR) is 103 cm³/mol. The highest BCUT2D eigenvalue weighted by atomic mass is 15.0. The summed E-state index contributed by atoms with van der Waals surface area (Å²) in [7, 11) is 0.